The molecule has 0 aliphatic heterocycles. The number of halogens is 1. The molecular formula is C18H15FN4. The zero-order chi connectivity index (χ0) is 16.1. The fourth-order valence-electron chi connectivity index (χ4n) is 2.60. The molecule has 0 aliphatic carbocycles. The van der Waals surface area contributed by atoms with Crippen LogP contribution in [0.1, 0.15) is 34.9 Å². The predicted octanol–water partition coefficient (Wildman–Crippen LogP) is 3.58. The van der Waals surface area contributed by atoms with E-state index in [1.165, 1.54) is 18.5 Å². The molecule has 2 aromatic carbocycles. The van der Waals surface area contributed by atoms with E-state index in [-0.39, 0.29) is 11.7 Å². The van der Waals surface area contributed by atoms with E-state index in [1.807, 2.05) is 12.1 Å². The van der Waals surface area contributed by atoms with Crippen molar-refractivity contribution in [3.63, 3.8) is 0 Å². The zero-order valence-electron chi connectivity index (χ0n) is 12.4. The van der Waals surface area contributed by atoms with Crippen molar-refractivity contribution in [3.8, 4) is 6.07 Å². The van der Waals surface area contributed by atoms with Gasteiger partial charge in [-0.1, -0.05) is 24.3 Å². The molecule has 0 aliphatic rings. The number of benzene rings is 2. The highest BCUT2D eigenvalue weighted by Crippen LogP contribution is 2.27. The molecule has 0 saturated heterocycles. The second kappa shape index (κ2) is 6.84. The Labute approximate surface area is 133 Å². The van der Waals surface area contributed by atoms with Crippen LogP contribution in [0.25, 0.3) is 0 Å². The van der Waals surface area contributed by atoms with Crippen LogP contribution in [0.2, 0.25) is 0 Å². The standard InChI is InChI=1S/C18H15FN4/c19-16-8-3-13(4-9-16)5-10-17(18-21-12-22-23-18)15-6-1-14(11-20)2-7-15/h1-4,6-9,12,17H,5,10H2,(H,21,22,23). The van der Waals surface area contributed by atoms with Gasteiger partial charge in [0.1, 0.15) is 18.0 Å². The average molecular weight is 306 g/mol. The Bertz CT molecular complexity index is 787. The summed E-state index contributed by atoms with van der Waals surface area (Å²) >= 11 is 0. The van der Waals surface area contributed by atoms with Crippen LogP contribution >= 0.6 is 0 Å². The molecule has 1 aromatic heterocycles. The third-order valence-electron chi connectivity index (χ3n) is 3.84. The summed E-state index contributed by atoms with van der Waals surface area (Å²) in [5.41, 5.74) is 2.77. The predicted molar refractivity (Wildman–Crippen MR) is 84.1 cm³/mol. The highest BCUT2D eigenvalue weighted by molar-refractivity contribution is 5.35. The van der Waals surface area contributed by atoms with Crippen LogP contribution < -0.4 is 0 Å². The van der Waals surface area contributed by atoms with E-state index in [9.17, 15) is 4.39 Å². The number of nitrogens with zero attached hydrogens (tertiary/aromatic N) is 3. The van der Waals surface area contributed by atoms with Gasteiger partial charge in [-0.2, -0.15) is 10.4 Å². The summed E-state index contributed by atoms with van der Waals surface area (Å²) in [6.45, 7) is 0. The molecule has 0 radical (unpaired) electrons. The van der Waals surface area contributed by atoms with Crippen LogP contribution in [-0.2, 0) is 6.42 Å². The van der Waals surface area contributed by atoms with Crippen molar-refractivity contribution >= 4 is 0 Å². The highest BCUT2D eigenvalue weighted by atomic mass is 19.1. The Morgan fingerprint density at radius 1 is 1.09 bits per heavy atom. The molecule has 0 saturated carbocycles. The molecule has 4 nitrogen and oxygen atoms in total. The Hall–Kier alpha value is -3.00. The van der Waals surface area contributed by atoms with Gasteiger partial charge in [-0.05, 0) is 48.2 Å². The molecule has 1 heterocycles. The fraction of sp³-hybridized carbons (Fsp3) is 0.167. The van der Waals surface area contributed by atoms with Crippen molar-refractivity contribution in [2.24, 2.45) is 0 Å². The van der Waals surface area contributed by atoms with E-state index in [1.54, 1.807) is 24.3 Å². The highest BCUT2D eigenvalue weighted by Gasteiger charge is 2.17. The molecule has 3 rings (SSSR count). The molecule has 23 heavy (non-hydrogen) atoms. The first-order valence-electron chi connectivity index (χ1n) is 7.36. The van der Waals surface area contributed by atoms with Crippen molar-refractivity contribution in [2.75, 3.05) is 0 Å². The van der Waals surface area contributed by atoms with Crippen molar-refractivity contribution < 1.29 is 4.39 Å². The molecule has 5 heteroatoms. The molecule has 114 valence electrons. The van der Waals surface area contributed by atoms with Crippen molar-refractivity contribution in [2.45, 2.75) is 18.8 Å². The second-order valence-electron chi connectivity index (χ2n) is 5.32. The Morgan fingerprint density at radius 2 is 1.83 bits per heavy atom. The number of aromatic amines is 1. The quantitative estimate of drug-likeness (QED) is 0.783. The number of aryl methyl sites for hydroxylation is 1. The van der Waals surface area contributed by atoms with Crippen LogP contribution in [0.4, 0.5) is 4.39 Å². The molecule has 0 fully saturated rings. The van der Waals surface area contributed by atoms with Gasteiger partial charge in [0.15, 0.2) is 0 Å². The van der Waals surface area contributed by atoms with Crippen LogP contribution in [0.5, 0.6) is 0 Å². The summed E-state index contributed by atoms with van der Waals surface area (Å²) in [4.78, 5) is 4.27. The lowest BCUT2D eigenvalue weighted by Gasteiger charge is -2.15. The lowest BCUT2D eigenvalue weighted by Crippen LogP contribution is -2.05. The van der Waals surface area contributed by atoms with Crippen LogP contribution in [0, 0.1) is 17.1 Å². The van der Waals surface area contributed by atoms with Gasteiger partial charge in [0, 0.05) is 5.92 Å². The van der Waals surface area contributed by atoms with E-state index in [4.69, 9.17) is 5.26 Å². The van der Waals surface area contributed by atoms with E-state index >= 15 is 0 Å². The van der Waals surface area contributed by atoms with Crippen molar-refractivity contribution in [1.29, 1.82) is 5.26 Å². The van der Waals surface area contributed by atoms with E-state index in [0.29, 0.717) is 5.56 Å². The van der Waals surface area contributed by atoms with Gasteiger partial charge in [0.05, 0.1) is 11.6 Å². The molecule has 1 unspecified atom stereocenters. The topological polar surface area (TPSA) is 65.4 Å². The first kappa shape index (κ1) is 14.9. The molecular weight excluding hydrogens is 291 g/mol. The van der Waals surface area contributed by atoms with Crippen molar-refractivity contribution in [3.05, 3.63) is 83.2 Å². The van der Waals surface area contributed by atoms with Gasteiger partial charge in [0.25, 0.3) is 0 Å². The number of hydrogen-bond donors (Lipinski definition) is 1. The zero-order valence-corrected chi connectivity index (χ0v) is 12.4. The Balaban J connectivity index is 1.81. The largest absolute Gasteiger partial charge is 0.263 e. The third-order valence-corrected chi connectivity index (χ3v) is 3.84. The number of rotatable bonds is 5. The van der Waals surface area contributed by atoms with Crippen LogP contribution in [0.3, 0.4) is 0 Å². The molecule has 3 aromatic rings. The summed E-state index contributed by atoms with van der Waals surface area (Å²) < 4.78 is 13.0. The smallest absolute Gasteiger partial charge is 0.137 e. The Morgan fingerprint density at radius 3 is 2.43 bits per heavy atom. The van der Waals surface area contributed by atoms with Gasteiger partial charge in [-0.15, -0.1) is 0 Å². The number of nitrogens with one attached hydrogen (secondary N) is 1. The fourth-order valence-corrected chi connectivity index (χ4v) is 2.60. The molecule has 1 atom stereocenters. The number of hydrogen-bond acceptors (Lipinski definition) is 3. The molecule has 0 bridgehead atoms. The summed E-state index contributed by atoms with van der Waals surface area (Å²) in [6, 6.07) is 16.1. The van der Waals surface area contributed by atoms with Gasteiger partial charge >= 0.3 is 0 Å². The summed E-state index contributed by atoms with van der Waals surface area (Å²) in [7, 11) is 0. The SMILES string of the molecule is N#Cc1ccc(C(CCc2ccc(F)cc2)c2ncn[nH]2)cc1. The van der Waals surface area contributed by atoms with Gasteiger partial charge in [-0.3, -0.25) is 5.10 Å². The van der Waals surface area contributed by atoms with Crippen LogP contribution in [-0.4, -0.2) is 15.2 Å². The monoisotopic (exact) mass is 306 g/mol. The molecule has 0 amide bonds. The van der Waals surface area contributed by atoms with Gasteiger partial charge < -0.3 is 0 Å². The Kier molecular flexibility index (Phi) is 4.44. The molecule has 0 spiro atoms. The van der Waals surface area contributed by atoms with Crippen LogP contribution in [0.15, 0.2) is 54.9 Å². The van der Waals surface area contributed by atoms with E-state index in [0.717, 1.165) is 29.8 Å². The van der Waals surface area contributed by atoms with Gasteiger partial charge in [0.2, 0.25) is 0 Å². The average Bonchev–Trinajstić information content (AvgIpc) is 3.12. The minimum Gasteiger partial charge on any atom is -0.263 e. The summed E-state index contributed by atoms with van der Waals surface area (Å²) in [5.74, 6) is 0.611. The second-order valence-corrected chi connectivity index (χ2v) is 5.32. The minimum atomic E-state index is -0.229. The lowest BCUT2D eigenvalue weighted by molar-refractivity contribution is 0.625. The number of H-pyrrole nitrogens is 1. The van der Waals surface area contributed by atoms with E-state index < -0.39 is 0 Å². The van der Waals surface area contributed by atoms with E-state index in [2.05, 4.69) is 21.3 Å². The summed E-state index contributed by atoms with van der Waals surface area (Å²) in [5, 5.41) is 15.8. The number of nitriles is 1. The normalized spacial score (nSPS) is 11.8. The molecule has 1 N–H and O–H groups in total. The maximum Gasteiger partial charge on any atom is 0.137 e. The first-order chi connectivity index (χ1) is 11.3. The summed E-state index contributed by atoms with van der Waals surface area (Å²) in [6.07, 6.45) is 3.10. The van der Waals surface area contributed by atoms with Gasteiger partial charge in [-0.25, -0.2) is 9.37 Å². The van der Waals surface area contributed by atoms with Crippen molar-refractivity contribution in [1.82, 2.24) is 15.2 Å². The maximum atomic E-state index is 13.0. The number of aromatic nitrogens is 3. The maximum absolute atomic E-state index is 13.0. The lowest BCUT2D eigenvalue weighted by atomic mass is 9.91. The first-order valence-corrected chi connectivity index (χ1v) is 7.36. The minimum absolute atomic E-state index is 0.0512. The third kappa shape index (κ3) is 3.61.